The summed E-state index contributed by atoms with van der Waals surface area (Å²) in [5.41, 5.74) is 3.49. The molecule has 1 N–H and O–H groups in total. The number of fused-ring (bicyclic) bond motifs is 1. The highest BCUT2D eigenvalue weighted by molar-refractivity contribution is 5.92. The van der Waals surface area contributed by atoms with Crippen molar-refractivity contribution in [3.05, 3.63) is 53.1 Å². The average molecular weight is 381 g/mol. The number of ether oxygens (including phenoxy) is 1. The molecule has 0 fully saturated rings. The van der Waals surface area contributed by atoms with E-state index in [4.69, 9.17) is 4.74 Å². The molecule has 3 aromatic rings. The Labute approximate surface area is 163 Å². The molecular weight excluding hydrogens is 358 g/mol. The van der Waals surface area contributed by atoms with E-state index in [1.165, 1.54) is 0 Å². The van der Waals surface area contributed by atoms with Gasteiger partial charge in [0.15, 0.2) is 12.4 Å². The molecule has 0 aliphatic rings. The number of nitrogens with zero attached hydrogens (tertiary/aromatic N) is 4. The van der Waals surface area contributed by atoms with Gasteiger partial charge in [-0.3, -0.25) is 9.59 Å². The summed E-state index contributed by atoms with van der Waals surface area (Å²) in [5, 5.41) is 6.99. The topological polar surface area (TPSA) is 98.5 Å². The fourth-order valence-corrected chi connectivity index (χ4v) is 2.78. The number of carbonyl (C=O) groups excluding carboxylic acids is 2. The Morgan fingerprint density at radius 1 is 1.18 bits per heavy atom. The number of hydrogen-bond donors (Lipinski definition) is 1. The zero-order valence-electron chi connectivity index (χ0n) is 16.4. The molecule has 0 radical (unpaired) electrons. The molecule has 2 aromatic heterocycles. The number of rotatable bonds is 6. The Morgan fingerprint density at radius 3 is 2.71 bits per heavy atom. The number of anilines is 1. The molecule has 146 valence electrons. The van der Waals surface area contributed by atoms with Gasteiger partial charge in [-0.15, -0.1) is 5.10 Å². The molecule has 0 atom stereocenters. The van der Waals surface area contributed by atoms with Crippen LogP contribution in [-0.4, -0.2) is 38.1 Å². The van der Waals surface area contributed by atoms with E-state index < -0.39 is 11.9 Å². The number of aromatic nitrogens is 4. The summed E-state index contributed by atoms with van der Waals surface area (Å²) >= 11 is 0. The number of esters is 1. The molecule has 1 aromatic carbocycles. The van der Waals surface area contributed by atoms with Crippen molar-refractivity contribution in [1.82, 2.24) is 19.6 Å². The Kier molecular flexibility index (Phi) is 5.67. The lowest BCUT2D eigenvalue weighted by atomic mass is 10.0. The van der Waals surface area contributed by atoms with Crippen LogP contribution in [-0.2, 0) is 20.7 Å². The summed E-state index contributed by atoms with van der Waals surface area (Å²) in [4.78, 5) is 32.6. The largest absolute Gasteiger partial charge is 0.455 e. The lowest BCUT2D eigenvalue weighted by molar-refractivity contribution is -0.146. The average Bonchev–Trinajstić information content (AvgIpc) is 3.02. The summed E-state index contributed by atoms with van der Waals surface area (Å²) in [6, 6.07) is 9.46. The first-order valence-corrected chi connectivity index (χ1v) is 9.07. The van der Waals surface area contributed by atoms with Crippen molar-refractivity contribution in [2.45, 2.75) is 40.0 Å². The molecule has 0 saturated heterocycles. The maximum absolute atomic E-state index is 12.0. The first kappa shape index (κ1) is 19.5. The molecule has 0 aliphatic heterocycles. The molecule has 0 bridgehead atoms. The van der Waals surface area contributed by atoms with Crippen molar-refractivity contribution in [3.8, 4) is 0 Å². The fourth-order valence-electron chi connectivity index (χ4n) is 2.78. The normalized spacial score (nSPS) is 11.0. The van der Waals surface area contributed by atoms with E-state index in [9.17, 15) is 9.59 Å². The Hall–Kier alpha value is -3.29. The number of hydrogen-bond acceptors (Lipinski definition) is 6. The predicted molar refractivity (Wildman–Crippen MR) is 104 cm³/mol. The van der Waals surface area contributed by atoms with Crippen LogP contribution in [0.2, 0.25) is 0 Å². The van der Waals surface area contributed by atoms with Gasteiger partial charge in [-0.2, -0.15) is 4.98 Å². The lowest BCUT2D eigenvalue weighted by Gasteiger charge is -2.09. The molecule has 2 heterocycles. The van der Waals surface area contributed by atoms with Crippen LogP contribution in [0.5, 0.6) is 0 Å². The van der Waals surface area contributed by atoms with Gasteiger partial charge in [0, 0.05) is 17.1 Å². The number of carbonyl (C=O) groups is 2. The zero-order chi connectivity index (χ0) is 20.3. The summed E-state index contributed by atoms with van der Waals surface area (Å²) < 4.78 is 6.62. The highest BCUT2D eigenvalue weighted by atomic mass is 16.5. The summed E-state index contributed by atoms with van der Waals surface area (Å²) in [6.07, 6.45) is -0.127. The third kappa shape index (κ3) is 4.70. The Bertz CT molecular complexity index is 1030. The smallest absolute Gasteiger partial charge is 0.314 e. The van der Waals surface area contributed by atoms with Crippen LogP contribution in [0.1, 0.15) is 42.5 Å². The van der Waals surface area contributed by atoms with Crippen molar-refractivity contribution in [2.75, 3.05) is 11.9 Å². The minimum absolute atomic E-state index is 0.127. The molecule has 8 nitrogen and oxygen atoms in total. The van der Waals surface area contributed by atoms with Crippen LogP contribution in [0, 0.1) is 13.8 Å². The lowest BCUT2D eigenvalue weighted by Crippen LogP contribution is -2.22. The molecule has 0 saturated carbocycles. The van der Waals surface area contributed by atoms with E-state index in [-0.39, 0.29) is 13.0 Å². The van der Waals surface area contributed by atoms with Gasteiger partial charge in [0.05, 0.1) is 0 Å². The highest BCUT2D eigenvalue weighted by Crippen LogP contribution is 2.18. The molecule has 8 heteroatoms. The van der Waals surface area contributed by atoms with Crippen LogP contribution in [0.3, 0.4) is 0 Å². The van der Waals surface area contributed by atoms with Gasteiger partial charge in [0.1, 0.15) is 6.42 Å². The van der Waals surface area contributed by atoms with Crippen molar-refractivity contribution in [2.24, 2.45) is 0 Å². The number of aryl methyl sites for hydroxylation is 2. The fraction of sp³-hybridized carbons (Fsp3) is 0.350. The minimum Gasteiger partial charge on any atom is -0.455 e. The molecule has 3 rings (SSSR count). The van der Waals surface area contributed by atoms with Crippen LogP contribution in [0.15, 0.2) is 30.3 Å². The molecule has 1 amide bonds. The van der Waals surface area contributed by atoms with Crippen LogP contribution in [0.4, 0.5) is 5.69 Å². The first-order valence-electron chi connectivity index (χ1n) is 9.07. The van der Waals surface area contributed by atoms with Gasteiger partial charge in [-0.1, -0.05) is 26.0 Å². The third-order valence-electron chi connectivity index (χ3n) is 4.17. The molecular formula is C20H23N5O3. The van der Waals surface area contributed by atoms with Gasteiger partial charge < -0.3 is 10.1 Å². The van der Waals surface area contributed by atoms with Crippen molar-refractivity contribution < 1.29 is 14.3 Å². The van der Waals surface area contributed by atoms with Crippen LogP contribution >= 0.6 is 0 Å². The predicted octanol–water partition coefficient (Wildman–Crippen LogP) is 2.59. The summed E-state index contributed by atoms with van der Waals surface area (Å²) in [5.74, 6) is 0.121. The quantitative estimate of drug-likeness (QED) is 0.659. The monoisotopic (exact) mass is 381 g/mol. The second-order valence-electron chi connectivity index (χ2n) is 6.94. The third-order valence-corrected chi connectivity index (χ3v) is 4.17. The number of amides is 1. The van der Waals surface area contributed by atoms with Crippen LogP contribution < -0.4 is 5.32 Å². The first-order chi connectivity index (χ1) is 13.3. The number of nitrogens with one attached hydrogen (secondary N) is 1. The number of benzene rings is 1. The van der Waals surface area contributed by atoms with Crippen LogP contribution in [0.25, 0.3) is 5.78 Å². The molecule has 0 aliphatic carbocycles. The summed E-state index contributed by atoms with van der Waals surface area (Å²) in [6.45, 7) is 7.54. The van der Waals surface area contributed by atoms with Gasteiger partial charge in [0.2, 0.25) is 0 Å². The second kappa shape index (κ2) is 8.16. The van der Waals surface area contributed by atoms with Gasteiger partial charge in [-0.25, -0.2) is 9.50 Å². The standard InChI is InChI=1S/C20H23N5O3/c1-12(2)15-6-5-7-16(9-15)22-18(26)11-28-19(27)10-17-23-20-21-13(3)8-14(4)25(20)24-17/h5-9,12H,10-11H2,1-4H3,(H,22,26). The maximum atomic E-state index is 12.0. The van der Waals surface area contributed by atoms with Gasteiger partial charge in [0.25, 0.3) is 11.7 Å². The second-order valence-corrected chi connectivity index (χ2v) is 6.94. The maximum Gasteiger partial charge on any atom is 0.314 e. The molecule has 0 spiro atoms. The molecule has 28 heavy (non-hydrogen) atoms. The van der Waals surface area contributed by atoms with Gasteiger partial charge >= 0.3 is 5.97 Å². The van der Waals surface area contributed by atoms with E-state index in [2.05, 4.69) is 34.2 Å². The van der Waals surface area contributed by atoms with Crippen molar-refractivity contribution in [1.29, 1.82) is 0 Å². The molecule has 0 unspecified atom stereocenters. The minimum atomic E-state index is -0.573. The van der Waals surface area contributed by atoms with Crippen molar-refractivity contribution >= 4 is 23.3 Å². The van der Waals surface area contributed by atoms with E-state index >= 15 is 0 Å². The Balaban J connectivity index is 1.55. The van der Waals surface area contributed by atoms with Crippen molar-refractivity contribution in [3.63, 3.8) is 0 Å². The zero-order valence-corrected chi connectivity index (χ0v) is 16.4. The van der Waals surface area contributed by atoms with E-state index in [1.807, 2.05) is 38.1 Å². The highest BCUT2D eigenvalue weighted by Gasteiger charge is 2.14. The Morgan fingerprint density at radius 2 is 1.96 bits per heavy atom. The van der Waals surface area contributed by atoms with Gasteiger partial charge in [-0.05, 0) is 43.5 Å². The van der Waals surface area contributed by atoms with E-state index in [0.29, 0.717) is 23.2 Å². The van der Waals surface area contributed by atoms with E-state index in [0.717, 1.165) is 17.0 Å². The van der Waals surface area contributed by atoms with E-state index in [1.54, 1.807) is 10.6 Å². The SMILES string of the molecule is Cc1cc(C)n2nc(CC(=O)OCC(=O)Nc3cccc(C(C)C)c3)nc2n1. The summed E-state index contributed by atoms with van der Waals surface area (Å²) in [7, 11) is 0.